The lowest BCUT2D eigenvalue weighted by Crippen LogP contribution is -2.44. The molecule has 0 aliphatic heterocycles. The van der Waals surface area contributed by atoms with E-state index < -0.39 is 47.9 Å². The second-order valence-electron chi connectivity index (χ2n) is 9.14. The third kappa shape index (κ3) is 9.20. The molecule has 0 aliphatic rings. The van der Waals surface area contributed by atoms with E-state index in [0.717, 1.165) is 18.2 Å². The average molecular weight is 674 g/mol. The van der Waals surface area contributed by atoms with Crippen molar-refractivity contribution in [3.05, 3.63) is 71.2 Å². The number of carbonyl (C=O) groups is 2. The largest absolute Gasteiger partial charge is 0.495 e. The minimum atomic E-state index is -4.45. The average Bonchev–Trinajstić information content (AvgIpc) is 2.91. The molecule has 0 saturated carbocycles. The first-order valence-electron chi connectivity index (χ1n) is 12.1. The van der Waals surface area contributed by atoms with E-state index >= 15 is 0 Å². The Morgan fingerprint density at radius 2 is 1.33 bits per heavy atom. The van der Waals surface area contributed by atoms with E-state index in [4.69, 9.17) is 26.6 Å². The van der Waals surface area contributed by atoms with Crippen molar-refractivity contribution in [1.82, 2.24) is 4.72 Å². The van der Waals surface area contributed by atoms with Gasteiger partial charge in [-0.15, -0.1) is 0 Å². The number of primary sulfonamides is 2. The van der Waals surface area contributed by atoms with Gasteiger partial charge in [-0.1, -0.05) is 11.6 Å². The number of nitrogens with two attached hydrogens (primary N) is 2. The Morgan fingerprint density at radius 3 is 1.79 bits per heavy atom. The molecule has 3 rings (SSSR count). The third-order valence-electron chi connectivity index (χ3n) is 5.93. The summed E-state index contributed by atoms with van der Waals surface area (Å²) in [7, 11) is -11.1. The summed E-state index contributed by atoms with van der Waals surface area (Å²) in [5, 5.41) is 15.3. The fraction of sp³-hybridized carbons (Fsp3) is 0.200. The van der Waals surface area contributed by atoms with Gasteiger partial charge in [0.15, 0.2) is 0 Å². The second kappa shape index (κ2) is 13.4. The molecular weight excluding hydrogens is 646 g/mol. The Kier molecular flexibility index (Phi) is 10.6. The number of rotatable bonds is 12. The van der Waals surface area contributed by atoms with Gasteiger partial charge in [-0.2, -0.15) is 4.72 Å². The summed E-state index contributed by atoms with van der Waals surface area (Å²) in [5.74, 6) is -1.52. The first-order valence-corrected chi connectivity index (χ1v) is 17.1. The Morgan fingerprint density at radius 1 is 0.837 bits per heavy atom. The zero-order chi connectivity index (χ0) is 32.2. The number of hydrogen-bond donors (Lipinski definition) is 5. The predicted molar refractivity (Wildman–Crippen MR) is 159 cm³/mol. The molecule has 0 aliphatic carbocycles. The first kappa shape index (κ1) is 33.9. The van der Waals surface area contributed by atoms with Gasteiger partial charge in [-0.05, 0) is 79.6 Å². The monoisotopic (exact) mass is 673 g/mol. The van der Waals surface area contributed by atoms with Gasteiger partial charge in [0, 0.05) is 22.8 Å². The highest BCUT2D eigenvalue weighted by atomic mass is 35.5. The molecule has 232 valence electrons. The van der Waals surface area contributed by atoms with E-state index in [1.165, 1.54) is 49.6 Å². The smallest absolute Gasteiger partial charge is 0.245 e. The van der Waals surface area contributed by atoms with E-state index in [0.29, 0.717) is 5.56 Å². The minimum Gasteiger partial charge on any atom is -0.495 e. The van der Waals surface area contributed by atoms with Crippen LogP contribution in [0.25, 0.3) is 0 Å². The minimum absolute atomic E-state index is 0.0344. The number of amides is 2. The number of anilines is 2. The van der Waals surface area contributed by atoms with Gasteiger partial charge in [0.2, 0.25) is 41.9 Å². The maximum absolute atomic E-state index is 13.4. The number of aryl methyl sites for hydroxylation is 1. The molecule has 2 amide bonds. The van der Waals surface area contributed by atoms with Crippen LogP contribution in [-0.4, -0.2) is 50.2 Å². The molecule has 0 unspecified atom stereocenters. The van der Waals surface area contributed by atoms with Crippen LogP contribution in [0.3, 0.4) is 0 Å². The van der Waals surface area contributed by atoms with Crippen molar-refractivity contribution in [2.45, 2.75) is 40.5 Å². The molecule has 43 heavy (non-hydrogen) atoms. The Labute approximate surface area is 253 Å². The van der Waals surface area contributed by atoms with Crippen LogP contribution in [0.4, 0.5) is 11.4 Å². The van der Waals surface area contributed by atoms with Crippen LogP contribution in [0.2, 0.25) is 5.02 Å². The van der Waals surface area contributed by atoms with Crippen molar-refractivity contribution in [3.8, 4) is 5.75 Å². The normalized spacial score (nSPS) is 12.8. The first-order chi connectivity index (χ1) is 19.9. The van der Waals surface area contributed by atoms with Crippen LogP contribution in [-0.2, 0) is 39.7 Å². The summed E-state index contributed by atoms with van der Waals surface area (Å²) in [6.07, 6.45) is -0.684. The maximum atomic E-state index is 13.4. The Bertz CT molecular complexity index is 1850. The van der Waals surface area contributed by atoms with Crippen LogP contribution < -0.4 is 30.4 Å². The van der Waals surface area contributed by atoms with E-state index in [9.17, 15) is 34.8 Å². The molecule has 0 spiro atoms. The molecule has 0 radical (unpaired) electrons. The summed E-state index contributed by atoms with van der Waals surface area (Å²) in [6.45, 7) is 1.65. The number of sulfonamides is 3. The van der Waals surface area contributed by atoms with E-state index in [1.54, 1.807) is 6.92 Å². The molecule has 14 nitrogen and oxygen atoms in total. The number of hydrogen-bond acceptors (Lipinski definition) is 9. The number of nitrogens with one attached hydrogen (secondary N) is 3. The summed E-state index contributed by atoms with van der Waals surface area (Å²) >= 11 is 6.14. The predicted octanol–water partition coefficient (Wildman–Crippen LogP) is 1.66. The highest BCUT2D eigenvalue weighted by molar-refractivity contribution is 7.90. The van der Waals surface area contributed by atoms with Crippen molar-refractivity contribution in [2.75, 3.05) is 17.7 Å². The van der Waals surface area contributed by atoms with Crippen molar-refractivity contribution < 1.29 is 39.6 Å². The van der Waals surface area contributed by atoms with Crippen molar-refractivity contribution in [2.24, 2.45) is 10.3 Å². The molecule has 3 aromatic carbocycles. The standard InChI is InChI=1S/C25H28ClN5O9S3/c1-15-13-22(40-2)23(14-20(15)26)43(38,39)31-21(25(33)30-17-5-9-19(10-6-17)42(28,36)37)11-12-24(32)29-16-3-7-18(8-4-16)41(27,34)35/h3-10,13-14,21,31H,11-12H2,1-2H3,(H,29,32)(H,30,33)(H2,27,34,35)(H2,28,36,37)/t21-/m0/s1. The maximum Gasteiger partial charge on any atom is 0.245 e. The number of ether oxygens (including phenoxy) is 1. The highest BCUT2D eigenvalue weighted by Crippen LogP contribution is 2.30. The van der Waals surface area contributed by atoms with Crippen LogP contribution >= 0.6 is 11.6 Å². The number of carbonyl (C=O) groups excluding carboxylic acids is 2. The quantitative estimate of drug-likeness (QED) is 0.188. The summed E-state index contributed by atoms with van der Waals surface area (Å²) in [6, 6.07) is 10.9. The van der Waals surface area contributed by atoms with Crippen LogP contribution in [0, 0.1) is 6.92 Å². The fourth-order valence-corrected chi connectivity index (χ4v) is 6.35. The van der Waals surface area contributed by atoms with Crippen LogP contribution in [0.1, 0.15) is 18.4 Å². The molecule has 0 heterocycles. The van der Waals surface area contributed by atoms with Gasteiger partial charge in [-0.25, -0.2) is 35.5 Å². The lowest BCUT2D eigenvalue weighted by Gasteiger charge is -2.20. The summed E-state index contributed by atoms with van der Waals surface area (Å²) in [4.78, 5) is 25.2. The number of halogens is 1. The summed E-state index contributed by atoms with van der Waals surface area (Å²) < 4.78 is 80.2. The Balaban J connectivity index is 1.84. The molecular formula is C25H28ClN5O9S3. The van der Waals surface area contributed by atoms with Gasteiger partial charge < -0.3 is 15.4 Å². The molecule has 1 atom stereocenters. The zero-order valence-corrected chi connectivity index (χ0v) is 25.9. The van der Waals surface area contributed by atoms with Crippen LogP contribution in [0.5, 0.6) is 5.75 Å². The topological polar surface area (TPSA) is 234 Å². The molecule has 3 aromatic rings. The molecule has 18 heteroatoms. The highest BCUT2D eigenvalue weighted by Gasteiger charge is 2.29. The SMILES string of the molecule is COc1cc(C)c(Cl)cc1S(=O)(=O)N[C@@H](CCC(=O)Nc1ccc(S(N)(=O)=O)cc1)C(=O)Nc1ccc(S(N)(=O)=O)cc1. The van der Waals surface area contributed by atoms with Crippen molar-refractivity contribution in [1.29, 1.82) is 0 Å². The fourth-order valence-electron chi connectivity index (χ4n) is 3.68. The van der Waals surface area contributed by atoms with Gasteiger partial charge in [0.1, 0.15) is 16.7 Å². The third-order valence-corrected chi connectivity index (χ3v) is 9.68. The molecule has 0 saturated heterocycles. The van der Waals surface area contributed by atoms with E-state index in [2.05, 4.69) is 15.4 Å². The Hall–Kier alpha value is -3.58. The van der Waals surface area contributed by atoms with Gasteiger partial charge in [0.25, 0.3) is 0 Å². The van der Waals surface area contributed by atoms with E-state index in [-0.39, 0.29) is 49.7 Å². The van der Waals surface area contributed by atoms with Gasteiger partial charge >= 0.3 is 0 Å². The summed E-state index contributed by atoms with van der Waals surface area (Å²) in [5.41, 5.74) is 0.897. The van der Waals surface area contributed by atoms with Gasteiger partial charge in [-0.3, -0.25) is 9.59 Å². The van der Waals surface area contributed by atoms with Crippen molar-refractivity contribution in [3.63, 3.8) is 0 Å². The lowest BCUT2D eigenvalue weighted by atomic mass is 10.1. The zero-order valence-electron chi connectivity index (χ0n) is 22.7. The second-order valence-corrected chi connectivity index (χ2v) is 14.4. The van der Waals surface area contributed by atoms with Crippen molar-refractivity contribution >= 4 is 64.9 Å². The molecule has 0 bridgehead atoms. The van der Waals surface area contributed by atoms with Gasteiger partial charge in [0.05, 0.1) is 16.9 Å². The molecule has 0 fully saturated rings. The number of benzene rings is 3. The lowest BCUT2D eigenvalue weighted by molar-refractivity contribution is -0.118. The molecule has 0 aromatic heterocycles. The van der Waals surface area contributed by atoms with Crippen LogP contribution in [0.15, 0.2) is 75.4 Å². The van der Waals surface area contributed by atoms with E-state index in [1.807, 2.05) is 0 Å². The molecule has 7 N–H and O–H groups in total. The number of methoxy groups -OCH3 is 1.